The molecule has 5 aromatic carbocycles. The quantitative estimate of drug-likeness (QED) is 0.242. The number of nitrogens with zero attached hydrogens (tertiary/aromatic N) is 2. The van der Waals surface area contributed by atoms with E-state index in [2.05, 4.69) is 133 Å². The summed E-state index contributed by atoms with van der Waals surface area (Å²) in [6.07, 6.45) is 0. The summed E-state index contributed by atoms with van der Waals surface area (Å²) in [7, 11) is 0. The monoisotopic (exact) mass is 438 g/mol. The minimum absolute atomic E-state index is 0.0344. The maximum atomic E-state index is 2.50. The molecule has 0 spiro atoms. The lowest BCUT2D eigenvalue weighted by Gasteiger charge is -2.24. The number of aromatic nitrogens is 2. The topological polar surface area (TPSA) is 9.86 Å². The summed E-state index contributed by atoms with van der Waals surface area (Å²) < 4.78 is 4.97. The fourth-order valence-electron chi connectivity index (χ4n) is 5.81. The Morgan fingerprint density at radius 2 is 1.21 bits per heavy atom. The molecule has 0 aliphatic heterocycles. The van der Waals surface area contributed by atoms with Crippen LogP contribution in [-0.2, 0) is 5.54 Å². The van der Waals surface area contributed by atoms with Crippen LogP contribution in [-0.4, -0.2) is 9.13 Å². The minimum atomic E-state index is -0.0344. The second-order valence-corrected chi connectivity index (χ2v) is 10.3. The first-order valence-electron chi connectivity index (χ1n) is 12.0. The predicted molar refractivity (Wildman–Crippen MR) is 146 cm³/mol. The first-order valence-corrected chi connectivity index (χ1v) is 12.0. The number of rotatable bonds is 1. The normalized spacial score (nSPS) is 12.6. The molecule has 0 aliphatic rings. The molecule has 0 atom stereocenters. The molecule has 2 aromatic heterocycles. The van der Waals surface area contributed by atoms with E-state index in [0.29, 0.717) is 0 Å². The first-order chi connectivity index (χ1) is 16.5. The summed E-state index contributed by atoms with van der Waals surface area (Å²) in [6, 6.07) is 37.7. The van der Waals surface area contributed by atoms with Crippen molar-refractivity contribution < 1.29 is 0 Å². The number of benzene rings is 5. The zero-order valence-electron chi connectivity index (χ0n) is 19.7. The Morgan fingerprint density at radius 1 is 0.529 bits per heavy atom. The summed E-state index contributed by atoms with van der Waals surface area (Å²) in [5.74, 6) is 0. The number of hydrogen-bond donors (Lipinski definition) is 0. The Hall–Kier alpha value is -4.04. The van der Waals surface area contributed by atoms with Gasteiger partial charge in [-0.15, -0.1) is 0 Å². The van der Waals surface area contributed by atoms with Gasteiger partial charge in [-0.2, -0.15) is 0 Å². The molecule has 7 rings (SSSR count). The third-order valence-electron chi connectivity index (χ3n) is 7.12. The third-order valence-corrected chi connectivity index (χ3v) is 7.12. The SMILES string of the molecule is CC(C)(C)n1c2ccccc2c2c3c(ccc21)c1cc2ccccc2cc1n3-c1ccccc1. The van der Waals surface area contributed by atoms with Gasteiger partial charge in [0.15, 0.2) is 0 Å². The lowest BCUT2D eigenvalue weighted by atomic mass is 10.0. The van der Waals surface area contributed by atoms with Gasteiger partial charge in [0.25, 0.3) is 0 Å². The number of hydrogen-bond acceptors (Lipinski definition) is 0. The minimum Gasteiger partial charge on any atom is -0.335 e. The molecular formula is C32H26N2. The first kappa shape index (κ1) is 19.4. The van der Waals surface area contributed by atoms with E-state index in [1.54, 1.807) is 0 Å². The van der Waals surface area contributed by atoms with E-state index >= 15 is 0 Å². The Labute approximate surface area is 198 Å². The molecule has 2 heterocycles. The lowest BCUT2D eigenvalue weighted by Crippen LogP contribution is -2.21. The molecule has 0 fully saturated rings. The van der Waals surface area contributed by atoms with E-state index in [-0.39, 0.29) is 5.54 Å². The van der Waals surface area contributed by atoms with Crippen LogP contribution in [0.3, 0.4) is 0 Å². The van der Waals surface area contributed by atoms with Gasteiger partial charge < -0.3 is 9.13 Å². The van der Waals surface area contributed by atoms with Crippen LogP contribution in [0.1, 0.15) is 20.8 Å². The van der Waals surface area contributed by atoms with E-state index in [9.17, 15) is 0 Å². The summed E-state index contributed by atoms with van der Waals surface area (Å²) in [5, 5.41) is 7.78. The molecule has 0 bridgehead atoms. The van der Waals surface area contributed by atoms with E-state index in [0.717, 1.165) is 0 Å². The van der Waals surface area contributed by atoms with E-state index < -0.39 is 0 Å². The van der Waals surface area contributed by atoms with Gasteiger partial charge in [0.2, 0.25) is 0 Å². The molecule has 164 valence electrons. The van der Waals surface area contributed by atoms with Crippen molar-refractivity contribution in [3.05, 3.63) is 103 Å². The summed E-state index contributed by atoms with van der Waals surface area (Å²) in [5.41, 5.74) is 6.26. The number of fused-ring (bicyclic) bond motifs is 8. The van der Waals surface area contributed by atoms with Crippen LogP contribution in [0.2, 0.25) is 0 Å². The van der Waals surface area contributed by atoms with Crippen molar-refractivity contribution in [2.24, 2.45) is 0 Å². The Kier molecular flexibility index (Phi) is 3.85. The maximum Gasteiger partial charge on any atom is 0.0641 e. The zero-order valence-corrected chi connectivity index (χ0v) is 19.7. The molecule has 0 saturated carbocycles. The average molecular weight is 439 g/mol. The van der Waals surface area contributed by atoms with Crippen LogP contribution < -0.4 is 0 Å². The Balaban J connectivity index is 1.80. The van der Waals surface area contributed by atoms with Crippen LogP contribution in [0.4, 0.5) is 0 Å². The van der Waals surface area contributed by atoms with E-state index in [1.807, 2.05) is 0 Å². The van der Waals surface area contributed by atoms with Gasteiger partial charge in [-0.3, -0.25) is 0 Å². The fourth-order valence-corrected chi connectivity index (χ4v) is 5.81. The molecule has 2 heteroatoms. The highest BCUT2D eigenvalue weighted by Crippen LogP contribution is 2.43. The smallest absolute Gasteiger partial charge is 0.0641 e. The highest BCUT2D eigenvalue weighted by Gasteiger charge is 2.24. The van der Waals surface area contributed by atoms with Crippen molar-refractivity contribution in [3.63, 3.8) is 0 Å². The molecule has 0 unspecified atom stereocenters. The van der Waals surface area contributed by atoms with Gasteiger partial charge in [0.1, 0.15) is 0 Å². The van der Waals surface area contributed by atoms with Crippen molar-refractivity contribution in [2.45, 2.75) is 26.3 Å². The maximum absolute atomic E-state index is 2.50. The second kappa shape index (κ2) is 6.74. The van der Waals surface area contributed by atoms with Crippen molar-refractivity contribution in [3.8, 4) is 5.69 Å². The van der Waals surface area contributed by atoms with Crippen LogP contribution >= 0.6 is 0 Å². The third kappa shape index (κ3) is 2.57. The van der Waals surface area contributed by atoms with Crippen molar-refractivity contribution in [1.29, 1.82) is 0 Å². The van der Waals surface area contributed by atoms with Gasteiger partial charge in [0.05, 0.1) is 16.6 Å². The van der Waals surface area contributed by atoms with Gasteiger partial charge >= 0.3 is 0 Å². The molecular weight excluding hydrogens is 412 g/mol. The molecule has 0 radical (unpaired) electrons. The van der Waals surface area contributed by atoms with Gasteiger partial charge in [-0.05, 0) is 67.9 Å². The summed E-state index contributed by atoms with van der Waals surface area (Å²) in [4.78, 5) is 0. The van der Waals surface area contributed by atoms with E-state index in [1.165, 1.54) is 60.1 Å². The summed E-state index contributed by atoms with van der Waals surface area (Å²) >= 11 is 0. The van der Waals surface area contributed by atoms with Gasteiger partial charge in [-0.1, -0.05) is 66.7 Å². The molecule has 7 aromatic rings. The van der Waals surface area contributed by atoms with Gasteiger partial charge in [0, 0.05) is 38.3 Å². The van der Waals surface area contributed by atoms with Crippen molar-refractivity contribution >= 4 is 54.4 Å². The van der Waals surface area contributed by atoms with Crippen LogP contribution in [0.5, 0.6) is 0 Å². The second-order valence-electron chi connectivity index (χ2n) is 10.3. The standard InChI is InChI=1S/C32H26N2/c1-32(2,3)34-27-16-10-9-15-25(27)30-28(34)18-17-24-26-19-21-11-7-8-12-22(21)20-29(26)33(31(24)30)23-13-5-4-6-14-23/h4-20H,1-3H3. The largest absolute Gasteiger partial charge is 0.335 e. The predicted octanol–water partition coefficient (Wildman–Crippen LogP) is 8.80. The number of para-hydroxylation sites is 2. The zero-order chi connectivity index (χ0) is 23.0. The van der Waals surface area contributed by atoms with Crippen molar-refractivity contribution in [1.82, 2.24) is 9.13 Å². The molecule has 34 heavy (non-hydrogen) atoms. The Bertz CT molecular complexity index is 1880. The highest BCUT2D eigenvalue weighted by molar-refractivity contribution is 6.26. The van der Waals surface area contributed by atoms with Crippen LogP contribution in [0.15, 0.2) is 103 Å². The fraction of sp³-hybridized carbons (Fsp3) is 0.125. The molecule has 0 N–H and O–H groups in total. The molecule has 2 nitrogen and oxygen atoms in total. The molecule has 0 saturated heterocycles. The lowest BCUT2D eigenvalue weighted by molar-refractivity contribution is 0.423. The molecule has 0 aliphatic carbocycles. The average Bonchev–Trinajstić information content (AvgIpc) is 3.35. The molecule has 0 amide bonds. The van der Waals surface area contributed by atoms with Gasteiger partial charge in [-0.25, -0.2) is 0 Å². The Morgan fingerprint density at radius 3 is 1.97 bits per heavy atom. The highest BCUT2D eigenvalue weighted by atomic mass is 15.1. The van der Waals surface area contributed by atoms with Crippen LogP contribution in [0, 0.1) is 0 Å². The van der Waals surface area contributed by atoms with Crippen LogP contribution in [0.25, 0.3) is 60.1 Å². The van der Waals surface area contributed by atoms with E-state index in [4.69, 9.17) is 0 Å². The van der Waals surface area contributed by atoms with Crippen molar-refractivity contribution in [2.75, 3.05) is 0 Å². The summed E-state index contributed by atoms with van der Waals surface area (Å²) in [6.45, 7) is 6.88.